The smallest absolute Gasteiger partial charge is 0.254 e. The molecule has 2 rings (SSSR count). The lowest BCUT2D eigenvalue weighted by atomic mass is 9.83. The molecule has 4 heteroatoms. The molecule has 0 aromatic carbocycles. The third kappa shape index (κ3) is 2.54. The van der Waals surface area contributed by atoms with E-state index in [4.69, 9.17) is 10.5 Å². The van der Waals surface area contributed by atoms with Crippen molar-refractivity contribution in [2.24, 2.45) is 11.7 Å². The van der Waals surface area contributed by atoms with Crippen LogP contribution in [0, 0.1) is 5.92 Å². The van der Waals surface area contributed by atoms with Crippen LogP contribution in [0.5, 0.6) is 0 Å². The number of hydrogen-bond donors (Lipinski definition) is 1. The predicted octanol–water partition coefficient (Wildman–Crippen LogP) is 1.53. The third-order valence-electron chi connectivity index (χ3n) is 4.66. The van der Waals surface area contributed by atoms with Gasteiger partial charge in [0.1, 0.15) is 5.60 Å². The summed E-state index contributed by atoms with van der Waals surface area (Å²) < 4.78 is 5.66. The second-order valence-corrected chi connectivity index (χ2v) is 5.95. The summed E-state index contributed by atoms with van der Waals surface area (Å²) >= 11 is 0. The maximum Gasteiger partial charge on any atom is 0.254 e. The van der Waals surface area contributed by atoms with E-state index in [1.165, 1.54) is 12.8 Å². The van der Waals surface area contributed by atoms with E-state index < -0.39 is 5.60 Å². The number of carbonyl (C=O) groups is 1. The first kappa shape index (κ1) is 13.8. The molecule has 1 saturated carbocycles. The summed E-state index contributed by atoms with van der Waals surface area (Å²) in [6, 6.07) is 0.303. The molecular weight excluding hydrogens is 228 g/mol. The van der Waals surface area contributed by atoms with Gasteiger partial charge >= 0.3 is 0 Å². The van der Waals surface area contributed by atoms with Crippen molar-refractivity contribution < 1.29 is 9.53 Å². The third-order valence-corrected chi connectivity index (χ3v) is 4.66. The number of likely N-dealkylation sites (N-methyl/N-ethyl adjacent to an activating group) is 1. The van der Waals surface area contributed by atoms with Crippen LogP contribution in [-0.4, -0.2) is 42.6 Å². The zero-order chi connectivity index (χ0) is 13.2. The standard InChI is InChI=1S/C14H26N2O2/c1-14(8-5-9-18-14)13(17)16(2)12-7-4-3-6-11(12)10-15/h11-12H,3-10,15H2,1-2H3. The minimum atomic E-state index is -0.592. The second-order valence-electron chi connectivity index (χ2n) is 5.95. The highest BCUT2D eigenvalue weighted by molar-refractivity contribution is 5.85. The minimum absolute atomic E-state index is 0.144. The van der Waals surface area contributed by atoms with Gasteiger partial charge in [0.2, 0.25) is 0 Å². The molecule has 0 aromatic heterocycles. The minimum Gasteiger partial charge on any atom is -0.365 e. The molecule has 104 valence electrons. The zero-order valence-electron chi connectivity index (χ0n) is 11.7. The van der Waals surface area contributed by atoms with Crippen molar-refractivity contribution in [1.29, 1.82) is 0 Å². The fourth-order valence-corrected chi connectivity index (χ4v) is 3.44. The molecule has 1 aliphatic heterocycles. The van der Waals surface area contributed by atoms with E-state index in [2.05, 4.69) is 0 Å². The van der Waals surface area contributed by atoms with Crippen molar-refractivity contribution in [2.45, 2.75) is 57.1 Å². The molecule has 1 aliphatic carbocycles. The topological polar surface area (TPSA) is 55.6 Å². The van der Waals surface area contributed by atoms with Crippen molar-refractivity contribution in [3.8, 4) is 0 Å². The molecular formula is C14H26N2O2. The molecule has 18 heavy (non-hydrogen) atoms. The summed E-state index contributed by atoms with van der Waals surface area (Å²) in [5, 5.41) is 0. The van der Waals surface area contributed by atoms with Gasteiger partial charge in [-0.15, -0.1) is 0 Å². The fraction of sp³-hybridized carbons (Fsp3) is 0.929. The monoisotopic (exact) mass is 254 g/mol. The normalized spacial score (nSPS) is 36.6. The van der Waals surface area contributed by atoms with Crippen LogP contribution in [0.15, 0.2) is 0 Å². The molecule has 0 aromatic rings. The number of nitrogens with two attached hydrogens (primary N) is 1. The molecule has 3 unspecified atom stereocenters. The Morgan fingerprint density at radius 1 is 1.39 bits per heavy atom. The highest BCUT2D eigenvalue weighted by atomic mass is 16.5. The summed E-state index contributed by atoms with van der Waals surface area (Å²) in [4.78, 5) is 14.5. The van der Waals surface area contributed by atoms with E-state index in [9.17, 15) is 4.79 Å². The van der Waals surface area contributed by atoms with Crippen molar-refractivity contribution in [3.05, 3.63) is 0 Å². The Bertz CT molecular complexity index is 300. The number of ether oxygens (including phenoxy) is 1. The van der Waals surface area contributed by atoms with Gasteiger partial charge in [0.15, 0.2) is 0 Å². The summed E-state index contributed by atoms with van der Waals surface area (Å²) in [6.45, 7) is 3.32. The first-order chi connectivity index (χ1) is 8.58. The second kappa shape index (κ2) is 5.57. The van der Waals surface area contributed by atoms with Crippen LogP contribution in [-0.2, 0) is 9.53 Å². The average Bonchev–Trinajstić information content (AvgIpc) is 2.85. The first-order valence-corrected chi connectivity index (χ1v) is 7.20. The van der Waals surface area contributed by atoms with E-state index >= 15 is 0 Å². The molecule has 0 spiro atoms. The van der Waals surface area contributed by atoms with E-state index in [1.54, 1.807) is 0 Å². The average molecular weight is 254 g/mol. The van der Waals surface area contributed by atoms with E-state index in [-0.39, 0.29) is 5.91 Å². The van der Waals surface area contributed by atoms with Gasteiger partial charge in [0.25, 0.3) is 5.91 Å². The lowest BCUT2D eigenvalue weighted by Gasteiger charge is -2.40. The Hall–Kier alpha value is -0.610. The molecule has 0 bridgehead atoms. The molecule has 4 nitrogen and oxygen atoms in total. The highest BCUT2D eigenvalue weighted by Crippen LogP contribution is 2.32. The summed E-state index contributed by atoms with van der Waals surface area (Å²) in [5.41, 5.74) is 5.26. The molecule has 1 amide bonds. The largest absolute Gasteiger partial charge is 0.365 e. The van der Waals surface area contributed by atoms with Crippen molar-refractivity contribution >= 4 is 5.91 Å². The molecule has 3 atom stereocenters. The Balaban J connectivity index is 2.04. The Morgan fingerprint density at radius 2 is 2.11 bits per heavy atom. The highest BCUT2D eigenvalue weighted by Gasteiger charge is 2.42. The Kier molecular flexibility index (Phi) is 4.28. The van der Waals surface area contributed by atoms with Crippen molar-refractivity contribution in [2.75, 3.05) is 20.2 Å². The molecule has 2 fully saturated rings. The van der Waals surface area contributed by atoms with Crippen LogP contribution in [0.4, 0.5) is 0 Å². The number of rotatable bonds is 3. The van der Waals surface area contributed by atoms with Gasteiger partial charge in [-0.1, -0.05) is 12.8 Å². The lowest BCUT2D eigenvalue weighted by Crippen LogP contribution is -2.53. The first-order valence-electron chi connectivity index (χ1n) is 7.20. The molecule has 1 saturated heterocycles. The maximum absolute atomic E-state index is 12.6. The Morgan fingerprint density at radius 3 is 2.72 bits per heavy atom. The molecule has 2 N–H and O–H groups in total. The van der Waals surface area contributed by atoms with E-state index in [1.807, 2.05) is 18.9 Å². The van der Waals surface area contributed by atoms with Gasteiger partial charge in [-0.2, -0.15) is 0 Å². The summed E-state index contributed by atoms with van der Waals surface area (Å²) in [7, 11) is 1.92. The predicted molar refractivity (Wildman–Crippen MR) is 71.2 cm³/mol. The van der Waals surface area contributed by atoms with Crippen LogP contribution in [0.2, 0.25) is 0 Å². The lowest BCUT2D eigenvalue weighted by molar-refractivity contribution is -0.153. The molecule has 2 aliphatic rings. The van der Waals surface area contributed by atoms with Crippen LogP contribution < -0.4 is 5.73 Å². The number of carbonyl (C=O) groups excluding carboxylic acids is 1. The van der Waals surface area contributed by atoms with Crippen LogP contribution >= 0.6 is 0 Å². The van der Waals surface area contributed by atoms with Crippen molar-refractivity contribution in [1.82, 2.24) is 4.90 Å². The van der Waals surface area contributed by atoms with Gasteiger partial charge in [-0.25, -0.2) is 0 Å². The number of hydrogen-bond acceptors (Lipinski definition) is 3. The summed E-state index contributed by atoms with van der Waals surface area (Å²) in [5.74, 6) is 0.600. The van der Waals surface area contributed by atoms with Crippen LogP contribution in [0.1, 0.15) is 45.4 Å². The number of amides is 1. The van der Waals surface area contributed by atoms with Crippen molar-refractivity contribution in [3.63, 3.8) is 0 Å². The van der Waals surface area contributed by atoms with Crippen LogP contribution in [0.3, 0.4) is 0 Å². The zero-order valence-corrected chi connectivity index (χ0v) is 11.7. The van der Waals surface area contributed by atoms with Gasteiger partial charge in [0.05, 0.1) is 0 Å². The van der Waals surface area contributed by atoms with Gasteiger partial charge in [-0.3, -0.25) is 4.79 Å². The molecule has 1 heterocycles. The number of nitrogens with zero attached hydrogens (tertiary/aromatic N) is 1. The molecule has 0 radical (unpaired) electrons. The SMILES string of the molecule is CN(C(=O)C1(C)CCCO1)C1CCCCC1CN. The van der Waals surface area contributed by atoms with Gasteiger partial charge < -0.3 is 15.4 Å². The summed E-state index contributed by atoms with van der Waals surface area (Å²) in [6.07, 6.45) is 6.51. The maximum atomic E-state index is 12.6. The quantitative estimate of drug-likeness (QED) is 0.831. The van der Waals surface area contributed by atoms with Crippen LogP contribution in [0.25, 0.3) is 0 Å². The Labute approximate surface area is 110 Å². The van der Waals surface area contributed by atoms with E-state index in [0.717, 1.165) is 25.7 Å². The van der Waals surface area contributed by atoms with Gasteiger partial charge in [-0.05, 0) is 45.1 Å². The van der Waals surface area contributed by atoms with E-state index in [0.29, 0.717) is 25.1 Å². The fourth-order valence-electron chi connectivity index (χ4n) is 3.44. The van der Waals surface area contributed by atoms with Gasteiger partial charge in [0, 0.05) is 19.7 Å².